The average molecular weight is 287 g/mol. The number of carboxylic acid groups (broad SMARTS) is 1. The third-order valence-electron chi connectivity index (χ3n) is 2.56. The van der Waals surface area contributed by atoms with Crippen molar-refractivity contribution in [2.24, 2.45) is 0 Å². The van der Waals surface area contributed by atoms with E-state index in [1.165, 1.54) is 12.4 Å². The van der Waals surface area contributed by atoms with Gasteiger partial charge in [-0.05, 0) is 31.2 Å². The molecule has 0 aliphatic rings. The van der Waals surface area contributed by atoms with Gasteiger partial charge < -0.3 is 15.2 Å². The van der Waals surface area contributed by atoms with E-state index in [-0.39, 0.29) is 11.5 Å². The quantitative estimate of drug-likeness (QED) is 0.869. The molecule has 0 aliphatic carbocycles. The van der Waals surface area contributed by atoms with Crippen molar-refractivity contribution in [2.75, 3.05) is 11.9 Å². The summed E-state index contributed by atoms with van der Waals surface area (Å²) in [6.07, 6.45) is 2.55. The molecule has 7 nitrogen and oxygen atoms in total. The minimum atomic E-state index is -1.26. The van der Waals surface area contributed by atoms with Crippen molar-refractivity contribution in [3.05, 3.63) is 47.9 Å². The highest BCUT2D eigenvalue weighted by atomic mass is 16.5. The first-order valence-electron chi connectivity index (χ1n) is 6.20. The van der Waals surface area contributed by atoms with E-state index >= 15 is 0 Å². The monoisotopic (exact) mass is 287 g/mol. The Morgan fingerprint density at radius 2 is 1.86 bits per heavy atom. The van der Waals surface area contributed by atoms with Crippen molar-refractivity contribution in [1.82, 2.24) is 9.97 Å². The maximum absolute atomic E-state index is 12.0. The van der Waals surface area contributed by atoms with Crippen LogP contribution in [0.5, 0.6) is 5.75 Å². The number of anilines is 1. The molecule has 7 heteroatoms. The Balaban J connectivity index is 2.16. The molecule has 1 aromatic heterocycles. The van der Waals surface area contributed by atoms with Gasteiger partial charge in [-0.25, -0.2) is 14.8 Å². The molecule has 0 aliphatic heterocycles. The van der Waals surface area contributed by atoms with Crippen LogP contribution in [0.4, 0.5) is 5.82 Å². The summed E-state index contributed by atoms with van der Waals surface area (Å²) in [4.78, 5) is 30.5. The topological polar surface area (TPSA) is 101 Å². The molecule has 2 aromatic rings. The fourth-order valence-electron chi connectivity index (χ4n) is 1.63. The van der Waals surface area contributed by atoms with Crippen LogP contribution in [0.15, 0.2) is 36.7 Å². The van der Waals surface area contributed by atoms with E-state index in [0.717, 1.165) is 0 Å². The van der Waals surface area contributed by atoms with Crippen molar-refractivity contribution >= 4 is 17.7 Å². The second kappa shape index (κ2) is 6.47. The van der Waals surface area contributed by atoms with Crippen molar-refractivity contribution in [3.8, 4) is 5.75 Å². The number of hydrogen-bond donors (Lipinski definition) is 2. The smallest absolute Gasteiger partial charge is 0.358 e. The number of carbonyl (C=O) groups excluding carboxylic acids is 1. The normalized spacial score (nSPS) is 9.95. The molecule has 2 N–H and O–H groups in total. The minimum Gasteiger partial charge on any atom is -0.494 e. The first-order chi connectivity index (χ1) is 10.1. The van der Waals surface area contributed by atoms with Crippen molar-refractivity contribution in [3.63, 3.8) is 0 Å². The van der Waals surface area contributed by atoms with Crippen molar-refractivity contribution < 1.29 is 19.4 Å². The lowest BCUT2D eigenvalue weighted by Crippen LogP contribution is -2.17. The van der Waals surface area contributed by atoms with Gasteiger partial charge in [-0.2, -0.15) is 0 Å². The van der Waals surface area contributed by atoms with Crippen LogP contribution in [0.2, 0.25) is 0 Å². The maximum atomic E-state index is 12.0. The third-order valence-corrected chi connectivity index (χ3v) is 2.56. The molecule has 21 heavy (non-hydrogen) atoms. The number of amides is 1. The summed E-state index contributed by atoms with van der Waals surface area (Å²) in [6, 6.07) is 6.48. The summed E-state index contributed by atoms with van der Waals surface area (Å²) in [5.41, 5.74) is 0.0530. The standard InChI is InChI=1S/C14H13N3O4/c1-2-21-10-5-3-9(4-6-10)13(18)17-12-11(14(19)20)15-7-8-16-12/h3-8H,2H2,1H3,(H,19,20)(H,16,17,18). The van der Waals surface area contributed by atoms with Crippen molar-refractivity contribution in [2.45, 2.75) is 6.92 Å². The van der Waals surface area contributed by atoms with E-state index in [0.29, 0.717) is 17.9 Å². The lowest BCUT2D eigenvalue weighted by molar-refractivity contribution is 0.0691. The second-order valence-electron chi connectivity index (χ2n) is 3.97. The van der Waals surface area contributed by atoms with Crippen LogP contribution < -0.4 is 10.1 Å². The molecule has 0 radical (unpaired) electrons. The fourth-order valence-corrected chi connectivity index (χ4v) is 1.63. The van der Waals surface area contributed by atoms with Crippen LogP contribution in [-0.4, -0.2) is 33.6 Å². The van der Waals surface area contributed by atoms with Crippen LogP contribution in [0.3, 0.4) is 0 Å². The Labute approximate surface area is 120 Å². The number of benzene rings is 1. The number of carbonyl (C=O) groups is 2. The number of nitrogens with one attached hydrogen (secondary N) is 1. The zero-order valence-corrected chi connectivity index (χ0v) is 11.2. The molecule has 0 saturated carbocycles. The predicted octanol–water partition coefficient (Wildman–Crippen LogP) is 1.83. The van der Waals surface area contributed by atoms with Gasteiger partial charge in [0.2, 0.25) is 0 Å². The molecule has 0 atom stereocenters. The molecule has 0 saturated heterocycles. The fraction of sp³-hybridized carbons (Fsp3) is 0.143. The van der Waals surface area contributed by atoms with E-state index in [4.69, 9.17) is 9.84 Å². The van der Waals surface area contributed by atoms with Crippen LogP contribution in [0.25, 0.3) is 0 Å². The first-order valence-corrected chi connectivity index (χ1v) is 6.20. The zero-order chi connectivity index (χ0) is 15.2. The van der Waals surface area contributed by atoms with Gasteiger partial charge >= 0.3 is 5.97 Å². The van der Waals surface area contributed by atoms with Gasteiger partial charge in [0, 0.05) is 18.0 Å². The zero-order valence-electron chi connectivity index (χ0n) is 11.2. The number of aromatic nitrogens is 2. The summed E-state index contributed by atoms with van der Waals surface area (Å²) < 4.78 is 5.28. The van der Waals surface area contributed by atoms with Gasteiger partial charge in [-0.3, -0.25) is 4.79 Å². The SMILES string of the molecule is CCOc1ccc(C(=O)Nc2nccnc2C(=O)O)cc1. The van der Waals surface area contributed by atoms with E-state index in [1.807, 2.05) is 6.92 Å². The highest BCUT2D eigenvalue weighted by Crippen LogP contribution is 2.14. The molecule has 108 valence electrons. The molecule has 0 unspecified atom stereocenters. The molecule has 1 aromatic carbocycles. The first kappa shape index (κ1) is 14.4. The molecular formula is C14H13N3O4. The summed E-state index contributed by atoms with van der Waals surface area (Å²) >= 11 is 0. The Kier molecular flexibility index (Phi) is 4.45. The lowest BCUT2D eigenvalue weighted by Gasteiger charge is -2.07. The van der Waals surface area contributed by atoms with Gasteiger partial charge in [-0.15, -0.1) is 0 Å². The highest BCUT2D eigenvalue weighted by Gasteiger charge is 2.15. The highest BCUT2D eigenvalue weighted by molar-refractivity contribution is 6.06. The van der Waals surface area contributed by atoms with E-state index in [9.17, 15) is 9.59 Å². The van der Waals surface area contributed by atoms with Crippen LogP contribution >= 0.6 is 0 Å². The Morgan fingerprint density at radius 1 is 1.19 bits per heavy atom. The minimum absolute atomic E-state index is 0.0936. The van der Waals surface area contributed by atoms with Crippen molar-refractivity contribution in [1.29, 1.82) is 0 Å². The Bertz CT molecular complexity index is 656. The summed E-state index contributed by atoms with van der Waals surface area (Å²) in [6.45, 7) is 2.40. The molecule has 2 rings (SSSR count). The van der Waals surface area contributed by atoms with Gasteiger partial charge in [-0.1, -0.05) is 0 Å². The molecular weight excluding hydrogens is 274 g/mol. The van der Waals surface area contributed by atoms with Gasteiger partial charge in [0.1, 0.15) is 5.75 Å². The Morgan fingerprint density at radius 3 is 2.48 bits per heavy atom. The van der Waals surface area contributed by atoms with E-state index in [2.05, 4.69) is 15.3 Å². The maximum Gasteiger partial charge on any atom is 0.358 e. The summed E-state index contributed by atoms with van der Waals surface area (Å²) in [5.74, 6) is -1.17. The van der Waals surface area contributed by atoms with E-state index in [1.54, 1.807) is 24.3 Å². The summed E-state index contributed by atoms with van der Waals surface area (Å²) in [7, 11) is 0. The molecule has 0 bridgehead atoms. The van der Waals surface area contributed by atoms with Gasteiger partial charge in [0.05, 0.1) is 6.61 Å². The van der Waals surface area contributed by atoms with E-state index < -0.39 is 11.9 Å². The number of nitrogens with zero attached hydrogens (tertiary/aromatic N) is 2. The molecule has 1 heterocycles. The largest absolute Gasteiger partial charge is 0.494 e. The van der Waals surface area contributed by atoms with Crippen LogP contribution in [0, 0.1) is 0 Å². The second-order valence-corrected chi connectivity index (χ2v) is 3.97. The molecule has 1 amide bonds. The number of rotatable bonds is 5. The Hall–Kier alpha value is -2.96. The van der Waals surface area contributed by atoms with Gasteiger partial charge in [0.25, 0.3) is 5.91 Å². The number of carboxylic acids is 1. The van der Waals surface area contributed by atoms with Crippen LogP contribution in [0.1, 0.15) is 27.8 Å². The van der Waals surface area contributed by atoms with Crippen LogP contribution in [-0.2, 0) is 0 Å². The molecule has 0 spiro atoms. The number of hydrogen-bond acceptors (Lipinski definition) is 5. The lowest BCUT2D eigenvalue weighted by atomic mass is 10.2. The predicted molar refractivity (Wildman–Crippen MR) is 74.6 cm³/mol. The third kappa shape index (κ3) is 3.53. The number of aromatic carboxylic acids is 1. The molecule has 0 fully saturated rings. The number of ether oxygens (including phenoxy) is 1. The van der Waals surface area contributed by atoms with Gasteiger partial charge in [0.15, 0.2) is 11.5 Å². The average Bonchev–Trinajstić information content (AvgIpc) is 2.48. The summed E-state index contributed by atoms with van der Waals surface area (Å²) in [5, 5.41) is 11.4.